The summed E-state index contributed by atoms with van der Waals surface area (Å²) in [7, 11) is 0. The smallest absolute Gasteiger partial charge is 0.251 e. The lowest BCUT2D eigenvalue weighted by Crippen LogP contribution is -2.44. The van der Waals surface area contributed by atoms with Crippen LogP contribution in [0.1, 0.15) is 68.2 Å². The Labute approximate surface area is 243 Å². The lowest BCUT2D eigenvalue weighted by Gasteiger charge is -2.36. The van der Waals surface area contributed by atoms with Gasteiger partial charge in [-0.2, -0.15) is 0 Å². The van der Waals surface area contributed by atoms with Gasteiger partial charge in [0.25, 0.3) is 5.91 Å². The van der Waals surface area contributed by atoms with Crippen molar-refractivity contribution in [1.82, 2.24) is 15.1 Å². The van der Waals surface area contributed by atoms with Crippen LogP contribution in [0.5, 0.6) is 0 Å². The van der Waals surface area contributed by atoms with Gasteiger partial charge in [-0.05, 0) is 42.9 Å². The molecular formula is C35H39N3O3. The minimum atomic E-state index is -0.611. The molecule has 6 nitrogen and oxygen atoms in total. The SMILES string of the molecule is CC1=C(C(=O)N2CCCCCC2)CC(CC(=O)NC(c2ccccc2)c2ccccc2)C(=O)N1Cc1ccccc1. The fraction of sp³-hybridized carbons (Fsp3) is 0.343. The second-order valence-electron chi connectivity index (χ2n) is 11.1. The predicted octanol–water partition coefficient (Wildman–Crippen LogP) is 6.01. The van der Waals surface area contributed by atoms with Gasteiger partial charge in [-0.3, -0.25) is 14.4 Å². The van der Waals surface area contributed by atoms with Gasteiger partial charge in [0.05, 0.1) is 18.5 Å². The number of rotatable bonds is 8. The molecule has 3 aromatic carbocycles. The largest absolute Gasteiger partial charge is 0.345 e. The molecular weight excluding hydrogens is 510 g/mol. The van der Waals surface area contributed by atoms with Crippen molar-refractivity contribution in [3.05, 3.63) is 119 Å². The van der Waals surface area contributed by atoms with Crippen molar-refractivity contribution < 1.29 is 14.4 Å². The first-order valence-electron chi connectivity index (χ1n) is 14.7. The third-order valence-corrected chi connectivity index (χ3v) is 8.25. The molecule has 2 heterocycles. The number of benzene rings is 3. The second kappa shape index (κ2) is 13.4. The number of likely N-dealkylation sites (tertiary alicyclic amines) is 1. The Bertz CT molecular complexity index is 1320. The van der Waals surface area contributed by atoms with Gasteiger partial charge in [0.2, 0.25) is 11.8 Å². The molecule has 0 aliphatic carbocycles. The fourth-order valence-corrected chi connectivity index (χ4v) is 5.95. The van der Waals surface area contributed by atoms with Gasteiger partial charge in [-0.1, -0.05) is 104 Å². The van der Waals surface area contributed by atoms with E-state index in [0.717, 1.165) is 55.5 Å². The lowest BCUT2D eigenvalue weighted by atomic mass is 9.87. The second-order valence-corrected chi connectivity index (χ2v) is 11.1. The maximum absolute atomic E-state index is 13.9. The van der Waals surface area contributed by atoms with Crippen LogP contribution in [0.25, 0.3) is 0 Å². The Balaban J connectivity index is 1.40. The summed E-state index contributed by atoms with van der Waals surface area (Å²) in [5.74, 6) is -0.918. The molecule has 5 rings (SSSR count). The van der Waals surface area contributed by atoms with Crippen molar-refractivity contribution in [1.29, 1.82) is 0 Å². The summed E-state index contributed by atoms with van der Waals surface area (Å²) < 4.78 is 0. The van der Waals surface area contributed by atoms with Crippen LogP contribution in [0.4, 0.5) is 0 Å². The number of nitrogens with one attached hydrogen (secondary N) is 1. The van der Waals surface area contributed by atoms with Gasteiger partial charge in [0.1, 0.15) is 0 Å². The van der Waals surface area contributed by atoms with Gasteiger partial charge in [0, 0.05) is 30.8 Å². The molecule has 1 atom stereocenters. The summed E-state index contributed by atoms with van der Waals surface area (Å²) in [6, 6.07) is 29.2. The molecule has 2 aliphatic heterocycles. The Morgan fingerprint density at radius 1 is 0.805 bits per heavy atom. The van der Waals surface area contributed by atoms with E-state index in [2.05, 4.69) is 5.32 Å². The molecule has 0 aromatic heterocycles. The standard InChI is InChI=1S/C35H39N3O3/c1-26-31(35(41)37-21-13-2-3-14-22-37)23-30(34(40)38(26)25-27-15-7-4-8-16-27)24-32(39)36-33(28-17-9-5-10-18-28)29-19-11-6-12-20-29/h4-12,15-20,30,33H,2-3,13-14,21-25H2,1H3,(H,36,39). The Kier molecular flexibility index (Phi) is 9.29. The zero-order valence-corrected chi connectivity index (χ0v) is 23.8. The van der Waals surface area contributed by atoms with Crippen molar-refractivity contribution in [2.75, 3.05) is 13.1 Å². The minimum absolute atomic E-state index is 0.00631. The molecule has 2 aliphatic rings. The summed E-state index contributed by atoms with van der Waals surface area (Å²) in [4.78, 5) is 45.0. The highest BCUT2D eigenvalue weighted by molar-refractivity contribution is 5.98. The first-order valence-corrected chi connectivity index (χ1v) is 14.7. The Morgan fingerprint density at radius 2 is 1.34 bits per heavy atom. The first kappa shape index (κ1) is 28.3. The molecule has 3 aromatic rings. The maximum atomic E-state index is 13.9. The van der Waals surface area contributed by atoms with Crippen molar-refractivity contribution in [3.63, 3.8) is 0 Å². The lowest BCUT2D eigenvalue weighted by molar-refractivity contribution is -0.139. The van der Waals surface area contributed by atoms with Crippen molar-refractivity contribution in [2.24, 2.45) is 5.92 Å². The van der Waals surface area contributed by atoms with Crippen LogP contribution in [0.2, 0.25) is 0 Å². The van der Waals surface area contributed by atoms with E-state index in [1.165, 1.54) is 0 Å². The molecule has 3 amide bonds. The molecule has 1 fully saturated rings. The Morgan fingerprint density at radius 3 is 1.90 bits per heavy atom. The average molecular weight is 550 g/mol. The summed E-state index contributed by atoms with van der Waals surface area (Å²) in [6.07, 6.45) is 4.55. The fourth-order valence-electron chi connectivity index (χ4n) is 5.95. The number of nitrogens with zero attached hydrogens (tertiary/aromatic N) is 2. The summed E-state index contributed by atoms with van der Waals surface area (Å²) in [5.41, 5.74) is 4.29. The van der Waals surface area contributed by atoms with Gasteiger partial charge >= 0.3 is 0 Å². The number of hydrogen-bond donors (Lipinski definition) is 1. The quantitative estimate of drug-likeness (QED) is 0.374. The normalized spacial score (nSPS) is 17.9. The summed E-state index contributed by atoms with van der Waals surface area (Å²) in [5, 5.41) is 3.19. The molecule has 0 saturated carbocycles. The summed E-state index contributed by atoms with van der Waals surface area (Å²) in [6.45, 7) is 3.73. The van der Waals surface area contributed by atoms with Gasteiger partial charge < -0.3 is 15.1 Å². The van der Waals surface area contributed by atoms with E-state index >= 15 is 0 Å². The molecule has 41 heavy (non-hydrogen) atoms. The number of amides is 3. The van der Waals surface area contributed by atoms with Crippen LogP contribution in [-0.4, -0.2) is 40.6 Å². The predicted molar refractivity (Wildman–Crippen MR) is 160 cm³/mol. The van der Waals surface area contributed by atoms with E-state index in [1.807, 2.05) is 103 Å². The number of carbonyl (C=O) groups is 3. The molecule has 0 radical (unpaired) electrons. The number of hydrogen-bond acceptors (Lipinski definition) is 3. The summed E-state index contributed by atoms with van der Waals surface area (Å²) >= 11 is 0. The average Bonchev–Trinajstić information content (AvgIpc) is 3.30. The van der Waals surface area contributed by atoms with Crippen molar-refractivity contribution in [3.8, 4) is 0 Å². The van der Waals surface area contributed by atoms with Gasteiger partial charge in [-0.25, -0.2) is 0 Å². The van der Waals surface area contributed by atoms with Gasteiger partial charge in [-0.15, -0.1) is 0 Å². The zero-order valence-electron chi connectivity index (χ0n) is 23.8. The number of carbonyl (C=O) groups excluding carboxylic acids is 3. The van der Waals surface area contributed by atoms with E-state index in [0.29, 0.717) is 17.8 Å². The molecule has 1 saturated heterocycles. The molecule has 212 valence electrons. The molecule has 6 heteroatoms. The van der Waals surface area contributed by atoms with E-state index in [9.17, 15) is 14.4 Å². The molecule has 0 spiro atoms. The van der Waals surface area contributed by atoms with E-state index < -0.39 is 5.92 Å². The van der Waals surface area contributed by atoms with Crippen LogP contribution >= 0.6 is 0 Å². The topological polar surface area (TPSA) is 69.7 Å². The molecule has 1 N–H and O–H groups in total. The van der Waals surface area contributed by atoms with Crippen LogP contribution in [-0.2, 0) is 20.9 Å². The van der Waals surface area contributed by atoms with E-state index in [1.54, 1.807) is 4.90 Å². The van der Waals surface area contributed by atoms with Gasteiger partial charge in [0.15, 0.2) is 0 Å². The van der Waals surface area contributed by atoms with Crippen LogP contribution in [0, 0.1) is 5.92 Å². The third-order valence-electron chi connectivity index (χ3n) is 8.25. The van der Waals surface area contributed by atoms with Crippen molar-refractivity contribution >= 4 is 17.7 Å². The maximum Gasteiger partial charge on any atom is 0.251 e. The van der Waals surface area contributed by atoms with E-state index in [-0.39, 0.29) is 36.6 Å². The van der Waals surface area contributed by atoms with E-state index in [4.69, 9.17) is 0 Å². The first-order chi connectivity index (χ1) is 20.0. The van der Waals surface area contributed by atoms with Crippen molar-refractivity contribution in [2.45, 2.75) is 58.0 Å². The van der Waals surface area contributed by atoms with Crippen LogP contribution < -0.4 is 5.32 Å². The minimum Gasteiger partial charge on any atom is -0.345 e. The van der Waals surface area contributed by atoms with Crippen LogP contribution in [0.3, 0.4) is 0 Å². The number of allylic oxidation sites excluding steroid dienone is 1. The molecule has 1 unspecified atom stereocenters. The van der Waals surface area contributed by atoms with Crippen LogP contribution in [0.15, 0.2) is 102 Å². The molecule has 0 bridgehead atoms. The monoisotopic (exact) mass is 549 g/mol. The Hall–Kier alpha value is -4.19. The highest BCUT2D eigenvalue weighted by atomic mass is 16.2. The highest BCUT2D eigenvalue weighted by Gasteiger charge is 2.38. The third kappa shape index (κ3) is 6.94. The highest BCUT2D eigenvalue weighted by Crippen LogP contribution is 2.33. The zero-order chi connectivity index (χ0) is 28.6.